The maximum atomic E-state index is 12.7. The van der Waals surface area contributed by atoms with Crippen molar-refractivity contribution in [2.75, 3.05) is 0 Å². The maximum Gasteiger partial charge on any atom is 0.433 e. The zero-order valence-electron chi connectivity index (χ0n) is 10.7. The molecule has 0 saturated heterocycles. The molecular formula is C14H14F3N3. The highest BCUT2D eigenvalue weighted by Crippen LogP contribution is 2.31. The largest absolute Gasteiger partial charge is 0.433 e. The number of hydrogen-bond acceptors (Lipinski definition) is 2. The van der Waals surface area contributed by atoms with Crippen molar-refractivity contribution in [1.82, 2.24) is 15.1 Å². The normalized spacial score (nSPS) is 18.2. The van der Waals surface area contributed by atoms with E-state index in [0.29, 0.717) is 0 Å². The van der Waals surface area contributed by atoms with Crippen LogP contribution in [-0.4, -0.2) is 9.78 Å². The lowest BCUT2D eigenvalue weighted by molar-refractivity contribution is -0.144. The fourth-order valence-corrected chi connectivity index (χ4v) is 2.67. The van der Waals surface area contributed by atoms with Crippen LogP contribution < -0.4 is 5.32 Å². The maximum absolute atomic E-state index is 12.7. The van der Waals surface area contributed by atoms with Crippen LogP contribution in [0.2, 0.25) is 0 Å². The van der Waals surface area contributed by atoms with Gasteiger partial charge in [-0.05, 0) is 30.0 Å². The first-order chi connectivity index (χ1) is 9.55. The number of aromatic nitrogens is 2. The summed E-state index contributed by atoms with van der Waals surface area (Å²) >= 11 is 0. The van der Waals surface area contributed by atoms with Gasteiger partial charge in [-0.15, -0.1) is 0 Å². The molecule has 0 fully saturated rings. The summed E-state index contributed by atoms with van der Waals surface area (Å²) < 4.78 is 39.2. The van der Waals surface area contributed by atoms with Gasteiger partial charge in [-0.1, -0.05) is 24.3 Å². The number of nitrogens with one attached hydrogen (secondary N) is 1. The van der Waals surface area contributed by atoms with Gasteiger partial charge < -0.3 is 0 Å². The molecule has 106 valence electrons. The van der Waals surface area contributed by atoms with E-state index >= 15 is 0 Å². The van der Waals surface area contributed by atoms with Crippen LogP contribution in [-0.2, 0) is 19.3 Å². The molecule has 2 aromatic rings. The Morgan fingerprint density at radius 1 is 1.25 bits per heavy atom. The first kappa shape index (κ1) is 13.2. The van der Waals surface area contributed by atoms with Crippen molar-refractivity contribution in [3.05, 3.63) is 53.3 Å². The lowest BCUT2D eigenvalue weighted by Crippen LogP contribution is -2.26. The van der Waals surface area contributed by atoms with Crippen LogP contribution in [0.25, 0.3) is 0 Å². The number of nitrogens with zero attached hydrogens (tertiary/aromatic N) is 2. The predicted octanol–water partition coefficient (Wildman–Crippen LogP) is 3.14. The van der Waals surface area contributed by atoms with Gasteiger partial charge in [-0.25, -0.2) is 4.68 Å². The van der Waals surface area contributed by atoms with Crippen LogP contribution in [0.5, 0.6) is 0 Å². The second kappa shape index (κ2) is 4.94. The minimum Gasteiger partial charge on any atom is -0.291 e. The summed E-state index contributed by atoms with van der Waals surface area (Å²) in [6, 6.07) is 9.10. The van der Waals surface area contributed by atoms with E-state index in [4.69, 9.17) is 0 Å². The highest BCUT2D eigenvalue weighted by Gasteiger charge is 2.34. The molecule has 0 saturated carbocycles. The summed E-state index contributed by atoms with van der Waals surface area (Å²) in [5.74, 6) is 0. The van der Waals surface area contributed by atoms with E-state index in [1.807, 2.05) is 18.2 Å². The molecule has 0 amide bonds. The summed E-state index contributed by atoms with van der Waals surface area (Å²) in [6.07, 6.45) is -1.33. The number of alkyl halides is 3. The Bertz CT molecular complexity index is 604. The van der Waals surface area contributed by atoms with E-state index in [1.54, 1.807) is 0 Å². The van der Waals surface area contributed by atoms with Crippen molar-refractivity contribution in [2.45, 2.75) is 31.7 Å². The fourth-order valence-electron chi connectivity index (χ4n) is 2.67. The molecule has 3 nitrogen and oxygen atoms in total. The van der Waals surface area contributed by atoms with Crippen LogP contribution >= 0.6 is 0 Å². The number of aryl methyl sites for hydroxylation is 1. The smallest absolute Gasteiger partial charge is 0.291 e. The SMILES string of the molecule is FC(F)(F)c1ccnn1CNC1CCc2ccccc21. The van der Waals surface area contributed by atoms with E-state index in [-0.39, 0.29) is 12.7 Å². The summed E-state index contributed by atoms with van der Waals surface area (Å²) in [5.41, 5.74) is 1.71. The third kappa shape index (κ3) is 2.43. The molecule has 1 aliphatic rings. The molecular weight excluding hydrogens is 267 g/mol. The summed E-state index contributed by atoms with van der Waals surface area (Å²) in [7, 11) is 0. The zero-order valence-corrected chi connectivity index (χ0v) is 10.7. The van der Waals surface area contributed by atoms with Crippen LogP contribution in [0.4, 0.5) is 13.2 Å². The molecule has 1 N–H and O–H groups in total. The lowest BCUT2D eigenvalue weighted by Gasteiger charge is -2.16. The molecule has 20 heavy (non-hydrogen) atoms. The molecule has 1 aromatic carbocycles. The van der Waals surface area contributed by atoms with E-state index in [9.17, 15) is 13.2 Å². The Hall–Kier alpha value is -1.82. The quantitative estimate of drug-likeness (QED) is 0.936. The molecule has 1 heterocycles. The van der Waals surface area contributed by atoms with Crippen molar-refractivity contribution >= 4 is 0 Å². The Balaban J connectivity index is 1.71. The Kier molecular flexibility index (Phi) is 3.25. The first-order valence-electron chi connectivity index (χ1n) is 6.46. The van der Waals surface area contributed by atoms with Gasteiger partial charge in [0.15, 0.2) is 0 Å². The average molecular weight is 281 g/mol. The van der Waals surface area contributed by atoms with Crippen molar-refractivity contribution in [3.8, 4) is 0 Å². The molecule has 0 spiro atoms. The van der Waals surface area contributed by atoms with E-state index in [2.05, 4.69) is 16.5 Å². The Morgan fingerprint density at radius 3 is 2.85 bits per heavy atom. The highest BCUT2D eigenvalue weighted by molar-refractivity contribution is 5.34. The summed E-state index contributed by atoms with van der Waals surface area (Å²) in [4.78, 5) is 0. The molecule has 0 radical (unpaired) electrons. The standard InChI is InChI=1S/C14H14F3N3/c15-14(16,17)13-7-8-19-20(13)9-18-12-6-5-10-3-1-2-4-11(10)12/h1-4,7-8,12,18H,5-6,9H2. The third-order valence-corrected chi connectivity index (χ3v) is 3.63. The Morgan fingerprint density at radius 2 is 2.05 bits per heavy atom. The predicted molar refractivity (Wildman–Crippen MR) is 67.9 cm³/mol. The van der Waals surface area contributed by atoms with E-state index < -0.39 is 11.9 Å². The van der Waals surface area contributed by atoms with Gasteiger partial charge in [-0.2, -0.15) is 18.3 Å². The van der Waals surface area contributed by atoms with Crippen molar-refractivity contribution in [3.63, 3.8) is 0 Å². The van der Waals surface area contributed by atoms with Crippen LogP contribution in [0.1, 0.15) is 29.3 Å². The number of hydrogen-bond donors (Lipinski definition) is 1. The summed E-state index contributed by atoms with van der Waals surface area (Å²) in [6.45, 7) is 0.0564. The number of rotatable bonds is 3. The molecule has 1 aromatic heterocycles. The number of fused-ring (bicyclic) bond motifs is 1. The summed E-state index contributed by atoms with van der Waals surface area (Å²) in [5, 5.41) is 6.89. The van der Waals surface area contributed by atoms with Crippen LogP contribution in [0, 0.1) is 0 Å². The minimum atomic E-state index is -4.37. The lowest BCUT2D eigenvalue weighted by atomic mass is 10.1. The molecule has 1 unspecified atom stereocenters. The monoisotopic (exact) mass is 281 g/mol. The van der Waals surface area contributed by atoms with Crippen LogP contribution in [0.15, 0.2) is 36.5 Å². The van der Waals surface area contributed by atoms with Gasteiger partial charge >= 0.3 is 6.18 Å². The van der Waals surface area contributed by atoms with Crippen LogP contribution in [0.3, 0.4) is 0 Å². The Labute approximate surface area is 114 Å². The third-order valence-electron chi connectivity index (χ3n) is 3.63. The molecule has 0 aliphatic heterocycles. The molecule has 1 aliphatic carbocycles. The number of halogens is 3. The van der Waals surface area contributed by atoms with Crippen molar-refractivity contribution < 1.29 is 13.2 Å². The van der Waals surface area contributed by atoms with E-state index in [1.165, 1.54) is 17.3 Å². The van der Waals surface area contributed by atoms with Gasteiger partial charge in [-0.3, -0.25) is 5.32 Å². The molecule has 1 atom stereocenters. The van der Waals surface area contributed by atoms with Gasteiger partial charge in [0.25, 0.3) is 0 Å². The van der Waals surface area contributed by atoms with Crippen molar-refractivity contribution in [2.24, 2.45) is 0 Å². The zero-order chi connectivity index (χ0) is 14.2. The van der Waals surface area contributed by atoms with Gasteiger partial charge in [0.2, 0.25) is 0 Å². The van der Waals surface area contributed by atoms with Gasteiger partial charge in [0.05, 0.1) is 6.67 Å². The molecule has 6 heteroatoms. The number of benzene rings is 1. The molecule has 0 bridgehead atoms. The van der Waals surface area contributed by atoms with Gasteiger partial charge in [0, 0.05) is 12.2 Å². The fraction of sp³-hybridized carbons (Fsp3) is 0.357. The topological polar surface area (TPSA) is 29.9 Å². The van der Waals surface area contributed by atoms with Gasteiger partial charge in [0.1, 0.15) is 5.69 Å². The highest BCUT2D eigenvalue weighted by atomic mass is 19.4. The second-order valence-corrected chi connectivity index (χ2v) is 4.87. The van der Waals surface area contributed by atoms with Crippen molar-refractivity contribution in [1.29, 1.82) is 0 Å². The second-order valence-electron chi connectivity index (χ2n) is 4.87. The minimum absolute atomic E-state index is 0.0564. The molecule has 3 rings (SSSR count). The average Bonchev–Trinajstić information content (AvgIpc) is 3.02. The first-order valence-corrected chi connectivity index (χ1v) is 6.46. The van der Waals surface area contributed by atoms with E-state index in [0.717, 1.165) is 23.6 Å².